The number of alkyl halides is 3. The van der Waals surface area contributed by atoms with Gasteiger partial charge in [-0.2, -0.15) is 23.3 Å². The molecule has 8 nitrogen and oxygen atoms in total. The quantitative estimate of drug-likeness (QED) is 0.167. The number of nitrogens with two attached hydrogens (primary N) is 2. The first kappa shape index (κ1) is 20.6. The number of hydrogen-bond donors (Lipinski definition) is 3. The van der Waals surface area contributed by atoms with Crippen LogP contribution in [0.5, 0.6) is 5.75 Å². The van der Waals surface area contributed by atoms with E-state index in [2.05, 4.69) is 10.1 Å². The van der Waals surface area contributed by atoms with Gasteiger partial charge >= 0.3 is 11.9 Å². The highest BCUT2D eigenvalue weighted by Gasteiger charge is 2.32. The molecule has 0 aliphatic heterocycles. The minimum absolute atomic E-state index is 0.0247. The predicted octanol–water partition coefficient (Wildman–Crippen LogP) is 1.54. The number of methoxy groups -OCH3 is 1. The van der Waals surface area contributed by atoms with Crippen LogP contribution in [-0.2, 0) is 12.7 Å². The summed E-state index contributed by atoms with van der Waals surface area (Å²) in [6.45, 7) is 0.261. The first-order valence-electron chi connectivity index (χ1n) is 7.46. The maximum atomic E-state index is 12.7. The van der Waals surface area contributed by atoms with Gasteiger partial charge < -0.3 is 15.6 Å². The number of nitrogens with zero attached hydrogens (tertiary/aromatic N) is 3. The molecule has 0 fully saturated rings. The van der Waals surface area contributed by atoms with E-state index in [1.54, 1.807) is 36.4 Å². The van der Waals surface area contributed by atoms with Gasteiger partial charge in [0.25, 0.3) is 0 Å². The standard InChI is InChI=1S/C15H17F3N6O2S/c1-26-10-4-2-9(3-5-10)7-24(20)12(23-19)8-27-13-6-11(15(16,17)18)21-14(25)22-13/h2-6H,7-8,19-20H2,1H3,(H,21,22,25)/b23-12-. The molecule has 0 aliphatic carbocycles. The molecule has 0 radical (unpaired) electrons. The molecule has 0 atom stereocenters. The minimum atomic E-state index is -4.68. The summed E-state index contributed by atoms with van der Waals surface area (Å²) < 4.78 is 43.3. The third kappa shape index (κ3) is 5.89. The van der Waals surface area contributed by atoms with Crippen LogP contribution in [0.4, 0.5) is 13.2 Å². The number of H-pyrrole nitrogens is 1. The van der Waals surface area contributed by atoms with Gasteiger partial charge in [-0.05, 0) is 23.8 Å². The molecule has 0 aliphatic rings. The monoisotopic (exact) mass is 402 g/mol. The highest BCUT2D eigenvalue weighted by atomic mass is 32.2. The van der Waals surface area contributed by atoms with Crippen LogP contribution < -0.4 is 22.1 Å². The van der Waals surface area contributed by atoms with Gasteiger partial charge in [-0.15, -0.1) is 0 Å². The maximum absolute atomic E-state index is 12.7. The molecular formula is C15H17F3N6O2S. The van der Waals surface area contributed by atoms with E-state index in [-0.39, 0.29) is 23.2 Å². The molecule has 1 aromatic heterocycles. The molecule has 5 N–H and O–H groups in total. The fourth-order valence-electron chi connectivity index (χ4n) is 2.01. The second-order valence-corrected chi connectivity index (χ2v) is 6.24. The summed E-state index contributed by atoms with van der Waals surface area (Å²) >= 11 is 0.859. The molecule has 0 unspecified atom stereocenters. The molecule has 146 valence electrons. The van der Waals surface area contributed by atoms with Crippen molar-refractivity contribution >= 4 is 17.6 Å². The number of hydrazine groups is 1. The van der Waals surface area contributed by atoms with Crippen molar-refractivity contribution in [2.45, 2.75) is 17.7 Å². The molecular weight excluding hydrogens is 385 g/mol. The Morgan fingerprint density at radius 2 is 2.04 bits per heavy atom. The van der Waals surface area contributed by atoms with Crippen molar-refractivity contribution in [3.8, 4) is 5.75 Å². The highest BCUT2D eigenvalue weighted by Crippen LogP contribution is 2.28. The number of aromatic nitrogens is 2. The van der Waals surface area contributed by atoms with Crippen LogP contribution in [0.1, 0.15) is 11.3 Å². The molecule has 0 saturated heterocycles. The van der Waals surface area contributed by atoms with Crippen molar-refractivity contribution in [1.29, 1.82) is 0 Å². The number of benzene rings is 1. The van der Waals surface area contributed by atoms with E-state index in [0.717, 1.165) is 23.4 Å². The van der Waals surface area contributed by atoms with E-state index in [1.165, 1.54) is 5.01 Å². The molecule has 0 saturated carbocycles. The molecule has 2 aromatic rings. The van der Waals surface area contributed by atoms with Crippen LogP contribution in [0.25, 0.3) is 0 Å². The van der Waals surface area contributed by atoms with Crippen LogP contribution in [0.2, 0.25) is 0 Å². The van der Waals surface area contributed by atoms with Gasteiger partial charge in [0.1, 0.15) is 22.3 Å². The SMILES string of the molecule is COc1ccc(CN(N)/C(CSc2cc(C(F)(F)F)[nH]c(=O)n2)=N\N)cc1. The summed E-state index contributed by atoms with van der Waals surface area (Å²) in [5.74, 6) is 12.2. The average Bonchev–Trinajstić information content (AvgIpc) is 2.61. The zero-order chi connectivity index (χ0) is 20.0. The van der Waals surface area contributed by atoms with Crippen molar-refractivity contribution < 1.29 is 17.9 Å². The Kier molecular flexibility index (Phi) is 6.69. The fraction of sp³-hybridized carbons (Fsp3) is 0.267. The number of rotatable bonds is 6. The van der Waals surface area contributed by atoms with Crippen LogP contribution in [-0.4, -0.2) is 33.7 Å². The van der Waals surface area contributed by atoms with Gasteiger partial charge in [0.05, 0.1) is 19.4 Å². The van der Waals surface area contributed by atoms with Crippen LogP contribution in [0, 0.1) is 0 Å². The molecule has 0 bridgehead atoms. The second-order valence-electron chi connectivity index (χ2n) is 5.25. The molecule has 0 amide bonds. The van der Waals surface area contributed by atoms with E-state index < -0.39 is 17.6 Å². The summed E-state index contributed by atoms with van der Waals surface area (Å²) in [6, 6.07) is 7.86. The fourth-order valence-corrected chi connectivity index (χ4v) is 2.88. The second kappa shape index (κ2) is 8.77. The van der Waals surface area contributed by atoms with Gasteiger partial charge in [-0.3, -0.25) is 5.01 Å². The third-order valence-electron chi connectivity index (χ3n) is 3.37. The van der Waals surface area contributed by atoms with E-state index in [4.69, 9.17) is 16.4 Å². The Balaban J connectivity index is 2.04. The lowest BCUT2D eigenvalue weighted by Gasteiger charge is -2.20. The van der Waals surface area contributed by atoms with E-state index in [0.29, 0.717) is 5.75 Å². The maximum Gasteiger partial charge on any atom is 0.431 e. The largest absolute Gasteiger partial charge is 0.497 e. The number of amidine groups is 1. The molecule has 1 aromatic carbocycles. The smallest absolute Gasteiger partial charge is 0.431 e. The first-order chi connectivity index (χ1) is 12.7. The van der Waals surface area contributed by atoms with E-state index >= 15 is 0 Å². The molecule has 27 heavy (non-hydrogen) atoms. The Morgan fingerprint density at radius 1 is 1.37 bits per heavy atom. The molecule has 0 spiro atoms. The zero-order valence-electron chi connectivity index (χ0n) is 14.2. The van der Waals surface area contributed by atoms with Gasteiger partial charge in [0, 0.05) is 0 Å². The number of nitrogens with one attached hydrogen (secondary N) is 1. The van der Waals surface area contributed by atoms with Crippen LogP contribution >= 0.6 is 11.8 Å². The van der Waals surface area contributed by atoms with Crippen molar-refractivity contribution in [2.24, 2.45) is 16.8 Å². The Hall–Kier alpha value is -2.73. The number of thioether (sulfide) groups is 1. The van der Waals surface area contributed by atoms with Crippen molar-refractivity contribution in [2.75, 3.05) is 12.9 Å². The number of ether oxygens (including phenoxy) is 1. The van der Waals surface area contributed by atoms with Crippen molar-refractivity contribution in [3.63, 3.8) is 0 Å². The van der Waals surface area contributed by atoms with Crippen LogP contribution in [0.15, 0.2) is 45.3 Å². The Labute approximate surface area is 156 Å². The molecule has 1 heterocycles. The normalized spacial score (nSPS) is 12.1. The predicted molar refractivity (Wildman–Crippen MR) is 94.9 cm³/mol. The average molecular weight is 402 g/mol. The van der Waals surface area contributed by atoms with Crippen molar-refractivity contribution in [3.05, 3.63) is 52.1 Å². The zero-order valence-corrected chi connectivity index (χ0v) is 15.0. The molecule has 2 rings (SSSR count). The number of halogens is 3. The minimum Gasteiger partial charge on any atom is -0.497 e. The lowest BCUT2D eigenvalue weighted by molar-refractivity contribution is -0.141. The number of hydrogen-bond acceptors (Lipinski definition) is 7. The Morgan fingerprint density at radius 3 is 2.59 bits per heavy atom. The van der Waals surface area contributed by atoms with Gasteiger partial charge in [-0.1, -0.05) is 23.9 Å². The summed E-state index contributed by atoms with van der Waals surface area (Å²) in [7, 11) is 1.55. The van der Waals surface area contributed by atoms with Gasteiger partial charge in [-0.25, -0.2) is 10.6 Å². The highest BCUT2D eigenvalue weighted by molar-refractivity contribution is 7.99. The lowest BCUT2D eigenvalue weighted by Crippen LogP contribution is -2.39. The molecule has 12 heteroatoms. The van der Waals surface area contributed by atoms with E-state index in [9.17, 15) is 18.0 Å². The first-order valence-corrected chi connectivity index (χ1v) is 8.44. The number of aromatic amines is 1. The third-order valence-corrected chi connectivity index (χ3v) is 4.28. The summed E-state index contributed by atoms with van der Waals surface area (Å²) in [5.41, 5.74) is -1.43. The van der Waals surface area contributed by atoms with Gasteiger partial charge in [0.15, 0.2) is 0 Å². The van der Waals surface area contributed by atoms with Crippen molar-refractivity contribution in [1.82, 2.24) is 15.0 Å². The summed E-state index contributed by atoms with van der Waals surface area (Å²) in [6.07, 6.45) is -4.68. The topological polar surface area (TPSA) is 123 Å². The summed E-state index contributed by atoms with van der Waals surface area (Å²) in [5, 5.41) is 4.70. The van der Waals surface area contributed by atoms with Gasteiger partial charge in [0.2, 0.25) is 0 Å². The van der Waals surface area contributed by atoms with E-state index in [1.807, 2.05) is 0 Å². The van der Waals surface area contributed by atoms with Crippen LogP contribution in [0.3, 0.4) is 0 Å². The Bertz CT molecular complexity index is 854. The summed E-state index contributed by atoms with van der Waals surface area (Å²) in [4.78, 5) is 16.5. The lowest BCUT2D eigenvalue weighted by atomic mass is 10.2. The number of hydrazone groups is 1.